The highest BCUT2D eigenvalue weighted by atomic mass is 32.2. The molecule has 0 bridgehead atoms. The average Bonchev–Trinajstić information content (AvgIpc) is 2.93. The molecule has 0 aromatic carbocycles. The lowest BCUT2D eigenvalue weighted by Crippen LogP contribution is -2.06. The van der Waals surface area contributed by atoms with E-state index in [4.69, 9.17) is 0 Å². The fraction of sp³-hybridized carbons (Fsp3) is 1.00. The van der Waals surface area contributed by atoms with E-state index in [1.165, 1.54) is 218 Å². The number of hydrogen-bond acceptors (Lipinski definition) is 2. The third kappa shape index (κ3) is 36.3. The number of rotatable bonds is 35. The second kappa shape index (κ2) is 37.3. The summed E-state index contributed by atoms with van der Waals surface area (Å²) >= 11 is 1.98. The average molecular weight is 554 g/mol. The molecule has 0 saturated heterocycles. The first-order valence-electron chi connectivity index (χ1n) is 18.3. The molecule has 0 radical (unpaired) electrons. The van der Waals surface area contributed by atoms with Crippen LogP contribution in [0.1, 0.15) is 219 Å². The van der Waals surface area contributed by atoms with Crippen molar-refractivity contribution in [2.75, 3.05) is 12.3 Å². The van der Waals surface area contributed by atoms with Crippen molar-refractivity contribution in [1.82, 2.24) is 4.72 Å². The summed E-state index contributed by atoms with van der Waals surface area (Å²) in [7, 11) is 0. The second-order valence-electron chi connectivity index (χ2n) is 12.3. The summed E-state index contributed by atoms with van der Waals surface area (Å²) in [5.74, 6) is 1.30. The van der Waals surface area contributed by atoms with Gasteiger partial charge in [0.05, 0.1) is 0 Å². The van der Waals surface area contributed by atoms with Gasteiger partial charge in [-0.2, -0.15) is 0 Å². The fourth-order valence-corrected chi connectivity index (χ4v) is 6.39. The van der Waals surface area contributed by atoms with Crippen molar-refractivity contribution in [3.8, 4) is 0 Å². The van der Waals surface area contributed by atoms with Crippen LogP contribution >= 0.6 is 11.9 Å². The smallest absolute Gasteiger partial charge is 0.00786 e. The van der Waals surface area contributed by atoms with Crippen molar-refractivity contribution in [2.24, 2.45) is 0 Å². The van der Waals surface area contributed by atoms with Gasteiger partial charge in [0, 0.05) is 12.3 Å². The van der Waals surface area contributed by atoms with Gasteiger partial charge in [-0.1, -0.05) is 218 Å². The molecule has 1 N–H and O–H groups in total. The quantitative estimate of drug-likeness (QED) is 0.0618. The van der Waals surface area contributed by atoms with Gasteiger partial charge in [0.1, 0.15) is 0 Å². The summed E-state index contributed by atoms with van der Waals surface area (Å²) in [5, 5.41) is 0. The maximum Gasteiger partial charge on any atom is 0.00786 e. The van der Waals surface area contributed by atoms with Gasteiger partial charge in [-0.3, -0.25) is 4.72 Å². The molecule has 230 valence electrons. The Morgan fingerprint density at radius 2 is 0.526 bits per heavy atom. The molecule has 0 unspecified atom stereocenters. The van der Waals surface area contributed by atoms with Crippen LogP contribution < -0.4 is 4.72 Å². The van der Waals surface area contributed by atoms with Crippen molar-refractivity contribution < 1.29 is 0 Å². The van der Waals surface area contributed by atoms with Gasteiger partial charge in [-0.05, 0) is 12.8 Å². The highest BCUT2D eigenvalue weighted by Crippen LogP contribution is 2.15. The van der Waals surface area contributed by atoms with Gasteiger partial charge >= 0.3 is 0 Å². The Kier molecular flexibility index (Phi) is 37.6. The molecule has 38 heavy (non-hydrogen) atoms. The third-order valence-electron chi connectivity index (χ3n) is 8.33. The minimum absolute atomic E-state index is 1.21. The Morgan fingerprint density at radius 3 is 0.816 bits per heavy atom. The van der Waals surface area contributed by atoms with Crippen LogP contribution in [0.15, 0.2) is 0 Å². The zero-order chi connectivity index (χ0) is 27.5. The van der Waals surface area contributed by atoms with E-state index in [1.54, 1.807) is 0 Å². The molecule has 0 fully saturated rings. The van der Waals surface area contributed by atoms with Gasteiger partial charge in [0.15, 0.2) is 0 Å². The molecule has 0 rings (SSSR count). The summed E-state index contributed by atoms with van der Waals surface area (Å²) in [4.78, 5) is 0. The molecule has 0 aromatic heterocycles. The third-order valence-corrected chi connectivity index (χ3v) is 9.24. The predicted molar refractivity (Wildman–Crippen MR) is 180 cm³/mol. The Balaban J connectivity index is 3.01. The van der Waals surface area contributed by atoms with Crippen molar-refractivity contribution in [3.05, 3.63) is 0 Å². The summed E-state index contributed by atoms with van der Waals surface area (Å²) in [6.45, 7) is 5.82. The molecule has 0 aromatic rings. The Labute approximate surface area is 247 Å². The first-order chi connectivity index (χ1) is 18.9. The number of hydrogen-bond donors (Lipinski definition) is 1. The summed E-state index contributed by atoms with van der Waals surface area (Å²) in [5.41, 5.74) is 0. The maximum absolute atomic E-state index is 3.60. The maximum atomic E-state index is 3.60. The molecular formula is C36H75NS. The number of unbranched alkanes of at least 4 members (excludes halogenated alkanes) is 30. The fourth-order valence-electron chi connectivity index (χ4n) is 5.61. The lowest BCUT2D eigenvalue weighted by atomic mass is 10.0. The summed E-state index contributed by atoms with van der Waals surface area (Å²) < 4.78 is 3.60. The van der Waals surface area contributed by atoms with E-state index < -0.39 is 0 Å². The highest BCUT2D eigenvalue weighted by molar-refractivity contribution is 7.97. The second-order valence-corrected chi connectivity index (χ2v) is 13.3. The lowest BCUT2D eigenvalue weighted by molar-refractivity contribution is 0.529. The SMILES string of the molecule is CCCCCCCCCCCCCCCCCCNSCCCCCCCCCCCCCCCCCC. The highest BCUT2D eigenvalue weighted by Gasteiger charge is 1.97. The van der Waals surface area contributed by atoms with Crippen LogP contribution in [0.5, 0.6) is 0 Å². The van der Waals surface area contributed by atoms with Gasteiger partial charge in [-0.25, -0.2) is 0 Å². The molecule has 0 aliphatic rings. The van der Waals surface area contributed by atoms with E-state index >= 15 is 0 Å². The van der Waals surface area contributed by atoms with E-state index in [0.29, 0.717) is 0 Å². The zero-order valence-electron chi connectivity index (χ0n) is 26.9. The van der Waals surface area contributed by atoms with Gasteiger partial charge < -0.3 is 0 Å². The Morgan fingerprint density at radius 1 is 0.289 bits per heavy atom. The summed E-state index contributed by atoms with van der Waals surface area (Å²) in [6, 6.07) is 0. The molecule has 0 saturated carbocycles. The molecule has 0 amide bonds. The molecule has 0 heterocycles. The lowest BCUT2D eigenvalue weighted by Gasteiger charge is -2.05. The topological polar surface area (TPSA) is 12.0 Å². The van der Waals surface area contributed by atoms with Gasteiger partial charge in [0.25, 0.3) is 0 Å². The van der Waals surface area contributed by atoms with Crippen molar-refractivity contribution in [3.63, 3.8) is 0 Å². The Bertz CT molecular complexity index is 350. The van der Waals surface area contributed by atoms with Crippen molar-refractivity contribution in [1.29, 1.82) is 0 Å². The first kappa shape index (κ1) is 38.3. The zero-order valence-corrected chi connectivity index (χ0v) is 27.8. The Hall–Kier alpha value is 0.310. The molecule has 0 spiro atoms. The standard InChI is InChI=1S/C36H75NS/c1-3-5-7-9-11-13-15-17-19-21-23-25-27-29-31-33-35-37-38-36-34-32-30-28-26-24-22-20-18-16-14-12-10-8-6-4-2/h37H,3-36H2,1-2H3. The van der Waals surface area contributed by atoms with E-state index in [1.807, 2.05) is 11.9 Å². The van der Waals surface area contributed by atoms with Crippen molar-refractivity contribution in [2.45, 2.75) is 219 Å². The van der Waals surface area contributed by atoms with Crippen LogP contribution in [-0.2, 0) is 0 Å². The summed E-state index contributed by atoms with van der Waals surface area (Å²) in [6.07, 6.45) is 46.6. The molecule has 0 aliphatic heterocycles. The minimum Gasteiger partial charge on any atom is -0.264 e. The molecule has 0 aliphatic carbocycles. The number of nitrogens with one attached hydrogen (secondary N) is 1. The van der Waals surface area contributed by atoms with Crippen LogP contribution in [0, 0.1) is 0 Å². The molecule has 0 atom stereocenters. The predicted octanol–water partition coefficient (Wildman–Crippen LogP) is 13.7. The normalized spacial score (nSPS) is 11.5. The van der Waals surface area contributed by atoms with E-state index in [9.17, 15) is 0 Å². The molecule has 2 heteroatoms. The first-order valence-corrected chi connectivity index (χ1v) is 19.2. The minimum atomic E-state index is 1.21. The van der Waals surface area contributed by atoms with Crippen LogP contribution in [0.3, 0.4) is 0 Å². The molecular weight excluding hydrogens is 478 g/mol. The van der Waals surface area contributed by atoms with Gasteiger partial charge in [0.2, 0.25) is 0 Å². The monoisotopic (exact) mass is 554 g/mol. The van der Waals surface area contributed by atoms with Crippen molar-refractivity contribution >= 4 is 11.9 Å². The van der Waals surface area contributed by atoms with Crippen LogP contribution in [0.4, 0.5) is 0 Å². The van der Waals surface area contributed by atoms with E-state index in [2.05, 4.69) is 18.6 Å². The van der Waals surface area contributed by atoms with Gasteiger partial charge in [-0.15, -0.1) is 0 Å². The van der Waals surface area contributed by atoms with Crippen LogP contribution in [0.2, 0.25) is 0 Å². The van der Waals surface area contributed by atoms with E-state index in [0.717, 1.165) is 0 Å². The molecule has 1 nitrogen and oxygen atoms in total. The largest absolute Gasteiger partial charge is 0.264 e. The van der Waals surface area contributed by atoms with Crippen LogP contribution in [-0.4, -0.2) is 12.3 Å². The van der Waals surface area contributed by atoms with Crippen LogP contribution in [0.25, 0.3) is 0 Å². The van der Waals surface area contributed by atoms with E-state index in [-0.39, 0.29) is 0 Å².